The van der Waals surface area contributed by atoms with Crippen LogP contribution in [0.3, 0.4) is 0 Å². The van der Waals surface area contributed by atoms with Gasteiger partial charge in [-0.3, -0.25) is 0 Å². The van der Waals surface area contributed by atoms with Crippen LogP contribution in [0.1, 0.15) is 91.9 Å². The summed E-state index contributed by atoms with van der Waals surface area (Å²) < 4.78 is 5.42. The Morgan fingerprint density at radius 1 is 1.00 bits per heavy atom. The van der Waals surface area contributed by atoms with E-state index in [0.717, 1.165) is 19.4 Å². The normalized spacial score (nSPS) is 22.4. The van der Waals surface area contributed by atoms with Crippen molar-refractivity contribution in [2.45, 2.75) is 110 Å². The lowest BCUT2D eigenvalue weighted by atomic mass is 10.0. The lowest BCUT2D eigenvalue weighted by Crippen LogP contribution is -2.50. The van der Waals surface area contributed by atoms with Crippen molar-refractivity contribution in [2.75, 3.05) is 6.54 Å². The van der Waals surface area contributed by atoms with E-state index in [1.54, 1.807) is 0 Å². The third kappa shape index (κ3) is 9.85. The second kappa shape index (κ2) is 10.9. The first-order chi connectivity index (χ1) is 10.9. The van der Waals surface area contributed by atoms with Gasteiger partial charge < -0.3 is 15.4 Å². The molecular formula is C19H38N2O2. The molecule has 0 saturated heterocycles. The van der Waals surface area contributed by atoms with Gasteiger partial charge in [0, 0.05) is 12.1 Å². The Morgan fingerprint density at radius 3 is 2.30 bits per heavy atom. The topological polar surface area (TPSA) is 50.4 Å². The number of ether oxygens (including phenoxy) is 1. The van der Waals surface area contributed by atoms with Crippen molar-refractivity contribution in [1.82, 2.24) is 10.6 Å². The summed E-state index contributed by atoms with van der Waals surface area (Å²) in [6.45, 7) is 9.03. The van der Waals surface area contributed by atoms with Crippen LogP contribution in [0.15, 0.2) is 0 Å². The van der Waals surface area contributed by atoms with Crippen molar-refractivity contribution in [3.8, 4) is 0 Å². The van der Waals surface area contributed by atoms with E-state index in [4.69, 9.17) is 4.74 Å². The summed E-state index contributed by atoms with van der Waals surface area (Å²) in [6, 6.07) is 0.583. The monoisotopic (exact) mass is 326 g/mol. The van der Waals surface area contributed by atoms with E-state index in [1.807, 2.05) is 20.8 Å². The zero-order chi connectivity index (χ0) is 17.1. The molecule has 0 heterocycles. The number of nitrogens with one attached hydrogen (secondary N) is 2. The molecule has 0 bridgehead atoms. The van der Waals surface area contributed by atoms with Crippen molar-refractivity contribution in [3.05, 3.63) is 0 Å². The molecule has 1 saturated carbocycles. The molecule has 1 fully saturated rings. The van der Waals surface area contributed by atoms with Gasteiger partial charge in [0.15, 0.2) is 0 Å². The molecule has 2 N–H and O–H groups in total. The van der Waals surface area contributed by atoms with Crippen LogP contribution in [0.5, 0.6) is 0 Å². The molecule has 2 unspecified atom stereocenters. The summed E-state index contributed by atoms with van der Waals surface area (Å²) >= 11 is 0. The van der Waals surface area contributed by atoms with E-state index in [0.29, 0.717) is 6.04 Å². The van der Waals surface area contributed by atoms with Gasteiger partial charge in [-0.15, -0.1) is 0 Å². The minimum atomic E-state index is -0.434. The number of rotatable bonds is 8. The molecule has 1 amide bonds. The van der Waals surface area contributed by atoms with E-state index in [2.05, 4.69) is 17.6 Å². The van der Waals surface area contributed by atoms with Gasteiger partial charge in [0.1, 0.15) is 5.60 Å². The predicted octanol–water partition coefficient (Wildman–Crippen LogP) is 4.77. The lowest BCUT2D eigenvalue weighted by molar-refractivity contribution is 0.0489. The lowest BCUT2D eigenvalue weighted by Gasteiger charge is -2.29. The molecule has 0 aliphatic heterocycles. The molecule has 0 aromatic heterocycles. The van der Waals surface area contributed by atoms with E-state index >= 15 is 0 Å². The quantitative estimate of drug-likeness (QED) is 0.499. The number of alkyl carbamates (subject to hydrolysis) is 1. The average Bonchev–Trinajstić information content (AvgIpc) is 2.66. The summed E-state index contributed by atoms with van der Waals surface area (Å²) in [5, 5.41) is 6.79. The number of carbonyl (C=O) groups is 1. The maximum absolute atomic E-state index is 12.1. The minimum Gasteiger partial charge on any atom is -0.444 e. The molecule has 0 aromatic carbocycles. The van der Waals surface area contributed by atoms with Crippen molar-refractivity contribution < 1.29 is 9.53 Å². The van der Waals surface area contributed by atoms with E-state index < -0.39 is 5.60 Å². The Labute approximate surface area is 143 Å². The van der Waals surface area contributed by atoms with Gasteiger partial charge >= 0.3 is 6.09 Å². The fourth-order valence-corrected chi connectivity index (χ4v) is 3.20. The molecule has 1 aliphatic carbocycles. The van der Waals surface area contributed by atoms with Crippen molar-refractivity contribution in [2.24, 2.45) is 0 Å². The SMILES string of the molecule is CCCCCCCNC1CCCCCC1NC(=O)OC(C)(C)C. The third-order valence-corrected chi connectivity index (χ3v) is 4.40. The first-order valence-corrected chi connectivity index (χ1v) is 9.65. The van der Waals surface area contributed by atoms with Crippen LogP contribution < -0.4 is 10.6 Å². The molecule has 4 heteroatoms. The van der Waals surface area contributed by atoms with Crippen LogP contribution in [0, 0.1) is 0 Å². The fraction of sp³-hybridized carbons (Fsp3) is 0.947. The number of unbranched alkanes of at least 4 members (excludes halogenated alkanes) is 4. The second-order valence-electron chi connectivity index (χ2n) is 7.87. The first-order valence-electron chi connectivity index (χ1n) is 9.65. The van der Waals surface area contributed by atoms with Crippen LogP contribution in [0.2, 0.25) is 0 Å². The first kappa shape index (κ1) is 20.3. The standard InChI is InChI=1S/C19H38N2O2/c1-5-6-7-8-12-15-20-16-13-10-9-11-14-17(16)21-18(22)23-19(2,3)4/h16-17,20H,5-15H2,1-4H3,(H,21,22). The molecule has 4 nitrogen and oxygen atoms in total. The smallest absolute Gasteiger partial charge is 0.407 e. The van der Waals surface area contributed by atoms with E-state index in [-0.39, 0.29) is 12.1 Å². The number of hydrogen-bond donors (Lipinski definition) is 2. The van der Waals surface area contributed by atoms with Gasteiger partial charge in [-0.2, -0.15) is 0 Å². The van der Waals surface area contributed by atoms with Crippen molar-refractivity contribution >= 4 is 6.09 Å². The molecule has 136 valence electrons. The van der Waals surface area contributed by atoms with Crippen LogP contribution in [-0.4, -0.2) is 30.3 Å². The van der Waals surface area contributed by atoms with Crippen molar-refractivity contribution in [1.29, 1.82) is 0 Å². The van der Waals surface area contributed by atoms with Crippen LogP contribution in [0.25, 0.3) is 0 Å². The largest absolute Gasteiger partial charge is 0.444 e. The van der Waals surface area contributed by atoms with E-state index in [9.17, 15) is 4.79 Å². The van der Waals surface area contributed by atoms with Gasteiger partial charge in [-0.05, 0) is 46.6 Å². The highest BCUT2D eigenvalue weighted by Gasteiger charge is 2.26. The zero-order valence-corrected chi connectivity index (χ0v) is 15.7. The second-order valence-corrected chi connectivity index (χ2v) is 7.87. The highest BCUT2D eigenvalue weighted by molar-refractivity contribution is 5.68. The summed E-state index contributed by atoms with van der Waals surface area (Å²) in [6.07, 6.45) is 12.1. The van der Waals surface area contributed by atoms with Gasteiger partial charge in [0.2, 0.25) is 0 Å². The third-order valence-electron chi connectivity index (χ3n) is 4.40. The molecule has 2 atom stereocenters. The van der Waals surface area contributed by atoms with Gasteiger partial charge in [-0.1, -0.05) is 51.9 Å². The summed E-state index contributed by atoms with van der Waals surface area (Å²) in [7, 11) is 0. The molecule has 0 aromatic rings. The number of carbonyl (C=O) groups excluding carboxylic acids is 1. The van der Waals surface area contributed by atoms with Crippen LogP contribution in [-0.2, 0) is 4.74 Å². The molecule has 23 heavy (non-hydrogen) atoms. The summed E-state index contributed by atoms with van der Waals surface area (Å²) in [4.78, 5) is 12.1. The maximum atomic E-state index is 12.1. The highest BCUT2D eigenvalue weighted by atomic mass is 16.6. The van der Waals surface area contributed by atoms with Gasteiger partial charge in [-0.25, -0.2) is 4.79 Å². The summed E-state index contributed by atoms with van der Waals surface area (Å²) in [5.74, 6) is 0. The Hall–Kier alpha value is -0.770. The molecule has 0 spiro atoms. The fourth-order valence-electron chi connectivity index (χ4n) is 3.20. The van der Waals surface area contributed by atoms with Crippen LogP contribution >= 0.6 is 0 Å². The van der Waals surface area contributed by atoms with E-state index in [1.165, 1.54) is 51.4 Å². The Balaban J connectivity index is 2.38. The molecule has 1 aliphatic rings. The van der Waals surface area contributed by atoms with Crippen molar-refractivity contribution in [3.63, 3.8) is 0 Å². The van der Waals surface area contributed by atoms with Gasteiger partial charge in [0.05, 0.1) is 0 Å². The van der Waals surface area contributed by atoms with Gasteiger partial charge in [0.25, 0.3) is 0 Å². The molecular weight excluding hydrogens is 288 g/mol. The number of hydrogen-bond acceptors (Lipinski definition) is 3. The van der Waals surface area contributed by atoms with Crippen LogP contribution in [0.4, 0.5) is 4.79 Å². The zero-order valence-electron chi connectivity index (χ0n) is 15.7. The highest BCUT2D eigenvalue weighted by Crippen LogP contribution is 2.19. The number of amides is 1. The molecule has 0 radical (unpaired) electrons. The summed E-state index contributed by atoms with van der Waals surface area (Å²) in [5.41, 5.74) is -0.434. The predicted molar refractivity (Wildman–Crippen MR) is 96.8 cm³/mol. The molecule has 1 rings (SSSR count). The minimum absolute atomic E-state index is 0.197. The maximum Gasteiger partial charge on any atom is 0.407 e. The Bertz CT molecular complexity index is 326. The average molecular weight is 327 g/mol. The Morgan fingerprint density at radius 2 is 1.65 bits per heavy atom. The Kier molecular flexibility index (Phi) is 9.61.